The molecule has 0 unspecified atom stereocenters. The van der Waals surface area contributed by atoms with Gasteiger partial charge in [-0.1, -0.05) is 27.3 Å². The Balaban J connectivity index is 1.88. The van der Waals surface area contributed by atoms with Gasteiger partial charge < -0.3 is 19.3 Å². The molecule has 1 aromatic heterocycles. The van der Waals surface area contributed by atoms with Gasteiger partial charge in [0.05, 0.1) is 36.8 Å². The molecule has 3 aromatic rings. The molecule has 2 aromatic carbocycles. The molecule has 41 heavy (non-hydrogen) atoms. The monoisotopic (exact) mass is 638 g/mol. The number of nitrogens with zero attached hydrogens (tertiary/aromatic N) is 4. The van der Waals surface area contributed by atoms with Gasteiger partial charge in [-0.3, -0.25) is 19.0 Å². The second kappa shape index (κ2) is 11.3. The summed E-state index contributed by atoms with van der Waals surface area (Å²) >= 11 is 4.67. The van der Waals surface area contributed by atoms with Crippen molar-refractivity contribution in [3.05, 3.63) is 83.0 Å². The number of ether oxygens (including phenoxy) is 2. The van der Waals surface area contributed by atoms with Crippen molar-refractivity contribution in [2.24, 2.45) is 4.99 Å². The van der Waals surface area contributed by atoms with Crippen molar-refractivity contribution in [2.75, 3.05) is 38.8 Å². The fraction of sp³-hybridized carbons (Fsp3) is 0.333. The van der Waals surface area contributed by atoms with Gasteiger partial charge in [-0.25, -0.2) is 4.99 Å². The van der Waals surface area contributed by atoms with Crippen LogP contribution in [0.15, 0.2) is 61.9 Å². The van der Waals surface area contributed by atoms with Crippen LogP contribution in [0.1, 0.15) is 44.9 Å². The SMILES string of the molecule is CCN(CC)C(=O)C1=C(C)N=c2s/c(=C3\C(=O)N(CC)c4ccc(Br)cc43)c(=O)n2[C@@H]1c1cc(OC)ccc1OC. The summed E-state index contributed by atoms with van der Waals surface area (Å²) in [5.41, 5.74) is 2.84. The Morgan fingerprint density at radius 3 is 2.44 bits per heavy atom. The lowest BCUT2D eigenvalue weighted by Gasteiger charge is -2.30. The maximum atomic E-state index is 14.4. The third-order valence-corrected chi connectivity index (χ3v) is 9.08. The van der Waals surface area contributed by atoms with E-state index in [4.69, 9.17) is 14.5 Å². The van der Waals surface area contributed by atoms with Gasteiger partial charge in [-0.05, 0) is 64.1 Å². The zero-order chi connectivity index (χ0) is 29.6. The Morgan fingerprint density at radius 1 is 1.07 bits per heavy atom. The highest BCUT2D eigenvalue weighted by atomic mass is 79.9. The van der Waals surface area contributed by atoms with E-state index in [1.807, 2.05) is 39.0 Å². The van der Waals surface area contributed by atoms with Gasteiger partial charge in [-0.15, -0.1) is 0 Å². The Labute approximate surface area is 250 Å². The summed E-state index contributed by atoms with van der Waals surface area (Å²) in [5.74, 6) is 0.597. The van der Waals surface area contributed by atoms with Crippen LogP contribution in [0.25, 0.3) is 5.57 Å². The highest BCUT2D eigenvalue weighted by molar-refractivity contribution is 9.10. The zero-order valence-corrected chi connectivity index (χ0v) is 26.2. The Hall–Kier alpha value is -3.70. The first-order valence-electron chi connectivity index (χ1n) is 13.4. The number of halogens is 1. The van der Waals surface area contributed by atoms with Crippen molar-refractivity contribution < 1.29 is 19.1 Å². The molecule has 0 fully saturated rings. The number of allylic oxidation sites excluding steroid dienone is 1. The number of thiazole rings is 1. The third-order valence-electron chi connectivity index (χ3n) is 7.53. The van der Waals surface area contributed by atoms with Gasteiger partial charge in [0.2, 0.25) is 0 Å². The Bertz CT molecular complexity index is 1790. The number of rotatable bonds is 7. The first-order valence-corrected chi connectivity index (χ1v) is 15.0. The lowest BCUT2D eigenvalue weighted by atomic mass is 9.93. The van der Waals surface area contributed by atoms with Crippen LogP contribution >= 0.6 is 27.3 Å². The second-order valence-electron chi connectivity index (χ2n) is 9.57. The summed E-state index contributed by atoms with van der Waals surface area (Å²) in [6, 6.07) is 10.1. The van der Waals surface area contributed by atoms with Gasteiger partial charge in [-0.2, -0.15) is 0 Å². The molecule has 0 radical (unpaired) electrons. The summed E-state index contributed by atoms with van der Waals surface area (Å²) < 4.78 is 13.8. The van der Waals surface area contributed by atoms with Gasteiger partial charge >= 0.3 is 0 Å². The number of likely N-dealkylation sites (N-methyl/N-ethyl adjacent to an activating group) is 2. The molecule has 1 atom stereocenters. The maximum Gasteiger partial charge on any atom is 0.271 e. The van der Waals surface area contributed by atoms with Crippen LogP contribution in [-0.2, 0) is 9.59 Å². The highest BCUT2D eigenvalue weighted by Gasteiger charge is 2.38. The van der Waals surface area contributed by atoms with E-state index in [-0.39, 0.29) is 16.3 Å². The van der Waals surface area contributed by atoms with E-state index < -0.39 is 11.6 Å². The van der Waals surface area contributed by atoms with E-state index in [0.29, 0.717) is 63.9 Å². The average Bonchev–Trinajstić information content (AvgIpc) is 3.43. The molecule has 0 bridgehead atoms. The second-order valence-corrected chi connectivity index (χ2v) is 11.5. The average molecular weight is 640 g/mol. The van der Waals surface area contributed by atoms with Gasteiger partial charge in [0.1, 0.15) is 22.1 Å². The molecule has 11 heteroatoms. The maximum absolute atomic E-state index is 14.4. The number of fused-ring (bicyclic) bond motifs is 2. The molecular formula is C30H31BrN4O5S. The molecule has 2 amide bonds. The molecule has 2 aliphatic rings. The molecular weight excluding hydrogens is 608 g/mol. The molecule has 0 N–H and O–H groups in total. The van der Waals surface area contributed by atoms with Crippen molar-refractivity contribution in [1.82, 2.24) is 9.47 Å². The topological polar surface area (TPSA) is 93.4 Å². The Kier molecular flexibility index (Phi) is 7.93. The molecule has 0 saturated carbocycles. The molecule has 2 aliphatic heterocycles. The van der Waals surface area contributed by atoms with E-state index >= 15 is 0 Å². The number of anilines is 1. The van der Waals surface area contributed by atoms with Crippen LogP contribution in [0.2, 0.25) is 0 Å². The molecule has 0 aliphatic carbocycles. The lowest BCUT2D eigenvalue weighted by molar-refractivity contribution is -0.127. The number of hydrogen-bond donors (Lipinski definition) is 0. The predicted molar refractivity (Wildman–Crippen MR) is 162 cm³/mol. The molecule has 0 saturated heterocycles. The molecule has 3 heterocycles. The highest BCUT2D eigenvalue weighted by Crippen LogP contribution is 2.39. The van der Waals surface area contributed by atoms with Crippen LogP contribution in [-0.4, -0.2) is 55.1 Å². The molecule has 5 rings (SSSR count). The summed E-state index contributed by atoms with van der Waals surface area (Å²) in [5, 5.41) is 0. The minimum absolute atomic E-state index is 0.215. The van der Waals surface area contributed by atoms with Gasteiger partial charge in [0, 0.05) is 35.2 Å². The number of amides is 2. The van der Waals surface area contributed by atoms with Gasteiger partial charge in [0.25, 0.3) is 17.4 Å². The van der Waals surface area contributed by atoms with Crippen molar-refractivity contribution in [3.8, 4) is 11.5 Å². The summed E-state index contributed by atoms with van der Waals surface area (Å²) in [6.45, 7) is 8.96. The number of carbonyl (C=O) groups is 2. The van der Waals surface area contributed by atoms with Crippen LogP contribution in [0, 0.1) is 0 Å². The van der Waals surface area contributed by atoms with Crippen molar-refractivity contribution in [3.63, 3.8) is 0 Å². The Morgan fingerprint density at radius 2 is 1.80 bits per heavy atom. The number of carbonyl (C=O) groups excluding carboxylic acids is 2. The van der Waals surface area contributed by atoms with Crippen LogP contribution < -0.4 is 29.3 Å². The van der Waals surface area contributed by atoms with E-state index in [1.54, 1.807) is 49.1 Å². The number of benzene rings is 2. The smallest absolute Gasteiger partial charge is 0.271 e. The normalized spacial score (nSPS) is 17.3. The van der Waals surface area contributed by atoms with E-state index in [2.05, 4.69) is 15.9 Å². The van der Waals surface area contributed by atoms with E-state index in [9.17, 15) is 14.4 Å². The zero-order valence-electron chi connectivity index (χ0n) is 23.8. The summed E-state index contributed by atoms with van der Waals surface area (Å²) in [7, 11) is 3.10. The predicted octanol–water partition coefficient (Wildman–Crippen LogP) is 3.62. The minimum atomic E-state index is -0.848. The number of methoxy groups -OCH3 is 2. The van der Waals surface area contributed by atoms with Crippen molar-refractivity contribution in [2.45, 2.75) is 33.7 Å². The fourth-order valence-corrected chi connectivity index (χ4v) is 7.01. The largest absolute Gasteiger partial charge is 0.497 e. The number of aromatic nitrogens is 1. The first-order chi connectivity index (χ1) is 19.7. The standard InChI is InChI=1S/C30H31BrN4O5S/c1-7-33(8-2)27(36)23-16(4)32-30-35(25(23)20-15-18(39-5)11-13-22(20)40-6)29(38)26(41-30)24-19-14-17(31)10-12-21(19)34(9-3)28(24)37/h10-15,25H,7-9H2,1-6H3/b26-24-/t25-/m1/s1. The van der Waals surface area contributed by atoms with Crippen LogP contribution in [0.5, 0.6) is 11.5 Å². The molecule has 9 nitrogen and oxygen atoms in total. The lowest BCUT2D eigenvalue weighted by Crippen LogP contribution is -2.43. The van der Waals surface area contributed by atoms with E-state index in [0.717, 1.165) is 21.5 Å². The number of hydrogen-bond acceptors (Lipinski definition) is 7. The van der Waals surface area contributed by atoms with Crippen molar-refractivity contribution in [1.29, 1.82) is 0 Å². The van der Waals surface area contributed by atoms with Crippen molar-refractivity contribution >= 4 is 50.3 Å². The van der Waals surface area contributed by atoms with Crippen LogP contribution in [0.4, 0.5) is 5.69 Å². The quantitative estimate of drug-likeness (QED) is 0.394. The third kappa shape index (κ3) is 4.61. The van der Waals surface area contributed by atoms with E-state index in [1.165, 1.54) is 4.57 Å². The summed E-state index contributed by atoms with van der Waals surface area (Å²) in [6.07, 6.45) is 0. The van der Waals surface area contributed by atoms with Gasteiger partial charge in [0.15, 0.2) is 4.80 Å². The molecule has 214 valence electrons. The summed E-state index contributed by atoms with van der Waals surface area (Å²) in [4.78, 5) is 50.7. The first kappa shape index (κ1) is 28.8. The minimum Gasteiger partial charge on any atom is -0.497 e. The fourth-order valence-electron chi connectivity index (χ4n) is 5.51. The van der Waals surface area contributed by atoms with Crippen LogP contribution in [0.3, 0.4) is 0 Å². The molecule has 0 spiro atoms.